The molecule has 0 spiro atoms. The molecule has 2 aliphatic carbocycles. The van der Waals surface area contributed by atoms with E-state index in [1.807, 2.05) is 12.1 Å². The van der Waals surface area contributed by atoms with Crippen LogP contribution in [0.2, 0.25) is 0 Å². The zero-order chi connectivity index (χ0) is 22.2. The molecule has 0 saturated carbocycles. The lowest BCUT2D eigenvalue weighted by Gasteiger charge is -2.30. The molecule has 3 unspecified atom stereocenters. The molecule has 31 heavy (non-hydrogen) atoms. The van der Waals surface area contributed by atoms with E-state index in [2.05, 4.69) is 81.6 Å². The van der Waals surface area contributed by atoms with Gasteiger partial charge in [0.2, 0.25) is 0 Å². The molecule has 1 aromatic rings. The van der Waals surface area contributed by atoms with Crippen molar-refractivity contribution < 1.29 is 4.92 Å². The number of benzene rings is 1. The highest BCUT2D eigenvalue weighted by Crippen LogP contribution is 2.45. The van der Waals surface area contributed by atoms with Gasteiger partial charge in [-0.15, -0.1) is 0 Å². The summed E-state index contributed by atoms with van der Waals surface area (Å²) in [6.07, 6.45) is 19.0. The van der Waals surface area contributed by atoms with Crippen molar-refractivity contribution in [2.45, 2.75) is 40.0 Å². The van der Waals surface area contributed by atoms with Gasteiger partial charge < -0.3 is 5.32 Å². The van der Waals surface area contributed by atoms with E-state index < -0.39 is 0 Å². The second-order valence-corrected chi connectivity index (χ2v) is 10.00. The third kappa shape index (κ3) is 4.19. The van der Waals surface area contributed by atoms with E-state index in [0.29, 0.717) is 0 Å². The monoisotopic (exact) mass is 432 g/mol. The molecule has 5 heteroatoms. The molecule has 1 aliphatic heterocycles. The summed E-state index contributed by atoms with van der Waals surface area (Å²) < 4.78 is 0. The zero-order valence-corrected chi connectivity index (χ0v) is 19.2. The van der Waals surface area contributed by atoms with Crippen molar-refractivity contribution in [1.82, 2.24) is 5.32 Å². The molecule has 0 bridgehead atoms. The van der Waals surface area contributed by atoms with Gasteiger partial charge in [0, 0.05) is 32.8 Å². The van der Waals surface area contributed by atoms with Gasteiger partial charge in [-0.3, -0.25) is 10.1 Å². The molecule has 1 aromatic carbocycles. The Morgan fingerprint density at radius 1 is 0.968 bits per heavy atom. The highest BCUT2D eigenvalue weighted by molar-refractivity contribution is 8.07. The molecule has 3 aliphatic rings. The molecule has 0 saturated heterocycles. The van der Waals surface area contributed by atoms with E-state index >= 15 is 0 Å². The minimum atomic E-state index is -0.356. The molecule has 4 nitrogen and oxygen atoms in total. The third-order valence-electron chi connectivity index (χ3n) is 6.77. The van der Waals surface area contributed by atoms with Crippen LogP contribution in [0.3, 0.4) is 0 Å². The van der Waals surface area contributed by atoms with Crippen molar-refractivity contribution in [2.24, 2.45) is 10.8 Å². The smallest absolute Gasteiger partial charge is 0.269 e. The van der Waals surface area contributed by atoms with E-state index in [9.17, 15) is 10.1 Å². The first-order valence-electron chi connectivity index (χ1n) is 10.7. The predicted octanol–water partition coefficient (Wildman–Crippen LogP) is 7.13. The van der Waals surface area contributed by atoms with Gasteiger partial charge in [0.15, 0.2) is 0 Å². The van der Waals surface area contributed by atoms with Crippen molar-refractivity contribution in [3.8, 4) is 0 Å². The van der Waals surface area contributed by atoms with Crippen molar-refractivity contribution in [3.05, 3.63) is 110 Å². The van der Waals surface area contributed by atoms with Crippen LogP contribution in [-0.2, 0) is 0 Å². The lowest BCUT2D eigenvalue weighted by molar-refractivity contribution is -0.384. The minimum absolute atomic E-state index is 0.0847. The van der Waals surface area contributed by atoms with Gasteiger partial charge in [0.1, 0.15) is 0 Å². The molecule has 1 N–H and O–H groups in total. The number of rotatable bonds is 4. The second-order valence-electron chi connectivity index (χ2n) is 8.91. The Bertz CT molecular complexity index is 1040. The van der Waals surface area contributed by atoms with Crippen LogP contribution in [0.15, 0.2) is 94.1 Å². The van der Waals surface area contributed by atoms with E-state index in [-0.39, 0.29) is 27.4 Å². The highest BCUT2D eigenvalue weighted by atomic mass is 32.2. The summed E-state index contributed by atoms with van der Waals surface area (Å²) in [4.78, 5) is 13.1. The van der Waals surface area contributed by atoms with Crippen LogP contribution in [0.5, 0.6) is 0 Å². The quantitative estimate of drug-likeness (QED) is 0.406. The Labute approximate surface area is 188 Å². The number of nitrogens with zero attached hydrogens (tertiary/aromatic N) is 1. The molecule has 4 rings (SSSR count). The van der Waals surface area contributed by atoms with Crippen LogP contribution in [0.1, 0.15) is 45.6 Å². The van der Waals surface area contributed by atoms with Gasteiger partial charge in [0.25, 0.3) is 5.69 Å². The highest BCUT2D eigenvalue weighted by Gasteiger charge is 2.30. The standard InChI is InChI=1S/C26H28N2O2S/c1-5-25(3)14-10-21-23(12-15-25)31-24-13-17-26(4,16-11-22(24)27-21)18(2)19-6-8-20(9-7-19)28(29)30/h6-18,27H,5H2,1-4H3. The van der Waals surface area contributed by atoms with Crippen LogP contribution < -0.4 is 5.32 Å². The Balaban J connectivity index is 1.57. The van der Waals surface area contributed by atoms with Gasteiger partial charge in [-0.2, -0.15) is 0 Å². The number of nitrogens with one attached hydrogen (secondary N) is 1. The topological polar surface area (TPSA) is 55.2 Å². The van der Waals surface area contributed by atoms with E-state index in [0.717, 1.165) is 23.4 Å². The second kappa shape index (κ2) is 8.04. The molecular formula is C26H28N2O2S. The predicted molar refractivity (Wildman–Crippen MR) is 129 cm³/mol. The first kappa shape index (κ1) is 21.4. The normalized spacial score (nSPS) is 27.9. The fourth-order valence-electron chi connectivity index (χ4n) is 3.93. The maximum Gasteiger partial charge on any atom is 0.269 e. The number of allylic oxidation sites excluding steroid dienone is 8. The fraction of sp³-hybridized carbons (Fsp3) is 0.308. The van der Waals surface area contributed by atoms with Gasteiger partial charge in [0.05, 0.1) is 16.3 Å². The zero-order valence-electron chi connectivity index (χ0n) is 18.4. The molecule has 0 amide bonds. The lowest BCUT2D eigenvalue weighted by atomic mass is 9.74. The Morgan fingerprint density at radius 2 is 1.52 bits per heavy atom. The number of nitro benzene ring substituents is 1. The van der Waals surface area contributed by atoms with Crippen molar-refractivity contribution >= 4 is 17.4 Å². The van der Waals surface area contributed by atoms with Crippen molar-refractivity contribution in [1.29, 1.82) is 0 Å². The molecule has 0 radical (unpaired) electrons. The summed E-state index contributed by atoms with van der Waals surface area (Å²) in [5.74, 6) is 0.169. The largest absolute Gasteiger partial charge is 0.354 e. The summed E-state index contributed by atoms with van der Waals surface area (Å²) >= 11 is 1.80. The number of thioether (sulfide) groups is 1. The maximum atomic E-state index is 11.0. The number of hydrogen-bond donors (Lipinski definition) is 1. The SMILES string of the molecule is CCC1(C)C=CC2=C(C=C1)SC1=C(C=CC(C)(C(C)c3ccc([N+](=O)[O-])cc3)C=C1)N2. The molecule has 3 atom stereocenters. The van der Waals surface area contributed by atoms with Crippen LogP contribution in [0.25, 0.3) is 0 Å². The summed E-state index contributed by atoms with van der Waals surface area (Å²) in [6.45, 7) is 8.85. The van der Waals surface area contributed by atoms with E-state index in [1.165, 1.54) is 9.81 Å². The molecular weight excluding hydrogens is 404 g/mol. The summed E-state index contributed by atoms with van der Waals surface area (Å²) in [6, 6.07) is 6.91. The summed E-state index contributed by atoms with van der Waals surface area (Å²) in [5, 5.41) is 14.6. The van der Waals surface area contributed by atoms with Gasteiger partial charge in [-0.1, -0.05) is 75.9 Å². The molecule has 0 fully saturated rings. The summed E-state index contributed by atoms with van der Waals surface area (Å²) in [7, 11) is 0. The first-order valence-corrected chi connectivity index (χ1v) is 11.5. The Hall–Kier alpha value is -2.79. The average Bonchev–Trinajstić information content (AvgIpc) is 3.05. The average molecular weight is 433 g/mol. The van der Waals surface area contributed by atoms with Crippen molar-refractivity contribution in [2.75, 3.05) is 0 Å². The van der Waals surface area contributed by atoms with Crippen LogP contribution in [0, 0.1) is 20.9 Å². The number of nitro groups is 1. The van der Waals surface area contributed by atoms with Crippen molar-refractivity contribution in [3.63, 3.8) is 0 Å². The lowest BCUT2D eigenvalue weighted by Crippen LogP contribution is -2.19. The Morgan fingerprint density at radius 3 is 2.13 bits per heavy atom. The van der Waals surface area contributed by atoms with Gasteiger partial charge >= 0.3 is 0 Å². The van der Waals surface area contributed by atoms with Crippen LogP contribution in [0.4, 0.5) is 5.69 Å². The first-order chi connectivity index (χ1) is 14.7. The maximum absolute atomic E-state index is 11.0. The molecule has 0 aromatic heterocycles. The molecule has 1 heterocycles. The third-order valence-corrected chi connectivity index (χ3v) is 7.92. The minimum Gasteiger partial charge on any atom is -0.354 e. The van der Waals surface area contributed by atoms with Gasteiger partial charge in [-0.05, 0) is 42.2 Å². The molecule has 160 valence electrons. The number of non-ortho nitro benzene ring substituents is 1. The Kier molecular flexibility index (Phi) is 5.56. The fourth-order valence-corrected chi connectivity index (χ4v) is 4.90. The van der Waals surface area contributed by atoms with E-state index in [4.69, 9.17) is 0 Å². The number of hydrogen-bond acceptors (Lipinski definition) is 4. The van der Waals surface area contributed by atoms with Crippen LogP contribution >= 0.6 is 11.8 Å². The van der Waals surface area contributed by atoms with Gasteiger partial charge in [-0.25, -0.2) is 0 Å². The van der Waals surface area contributed by atoms with E-state index in [1.54, 1.807) is 23.9 Å². The van der Waals surface area contributed by atoms with Crippen LogP contribution in [-0.4, -0.2) is 4.92 Å². The summed E-state index contributed by atoms with van der Waals surface area (Å²) in [5.41, 5.74) is 3.33.